The zero-order valence-electron chi connectivity index (χ0n) is 12.9. The molecule has 0 spiro atoms. The number of halogens is 3. The Balaban J connectivity index is 1.72. The predicted molar refractivity (Wildman–Crippen MR) is 97.1 cm³/mol. The molecule has 1 aliphatic rings. The highest BCUT2D eigenvalue weighted by Crippen LogP contribution is 2.38. The van der Waals surface area contributed by atoms with Crippen molar-refractivity contribution >= 4 is 44.8 Å². The minimum Gasteiger partial charge on any atom is -0.268 e. The number of hydrogen-bond donors (Lipinski definition) is 1. The molecule has 0 amide bonds. The maximum Gasteiger partial charge on any atom is 0.266 e. The van der Waals surface area contributed by atoms with Crippen molar-refractivity contribution < 1.29 is 8.42 Å². The molecule has 1 aromatic heterocycles. The fourth-order valence-electron chi connectivity index (χ4n) is 2.30. The average molecular weight is 423 g/mol. The number of hydrogen-bond acceptors (Lipinski definition) is 4. The Morgan fingerprint density at radius 1 is 1.12 bits per heavy atom. The molecule has 1 fully saturated rings. The van der Waals surface area contributed by atoms with E-state index in [1.54, 1.807) is 6.07 Å². The Kier molecular flexibility index (Phi) is 5.41. The third-order valence-electron chi connectivity index (χ3n) is 3.76. The van der Waals surface area contributed by atoms with Crippen LogP contribution in [-0.2, 0) is 16.6 Å². The Bertz CT molecular complexity index is 972. The van der Waals surface area contributed by atoms with Gasteiger partial charge in [0.25, 0.3) is 5.56 Å². The lowest BCUT2D eigenvalue weighted by atomic mass is 10.3. The van der Waals surface area contributed by atoms with E-state index in [0.717, 1.165) is 18.5 Å². The first-order valence-electron chi connectivity index (χ1n) is 7.50. The van der Waals surface area contributed by atoms with Crippen LogP contribution in [0.25, 0.3) is 0 Å². The summed E-state index contributed by atoms with van der Waals surface area (Å²) in [4.78, 5) is 11.7. The van der Waals surface area contributed by atoms with Crippen LogP contribution in [0.2, 0.25) is 15.1 Å². The maximum atomic E-state index is 12.4. The molecule has 1 N–H and O–H groups in total. The van der Waals surface area contributed by atoms with Crippen molar-refractivity contribution in [2.24, 2.45) is 0 Å². The van der Waals surface area contributed by atoms with Crippen molar-refractivity contribution in [3.63, 3.8) is 0 Å². The van der Waals surface area contributed by atoms with Crippen LogP contribution in [0, 0.1) is 0 Å². The van der Waals surface area contributed by atoms with Crippen LogP contribution in [0.1, 0.15) is 24.5 Å². The summed E-state index contributed by atoms with van der Waals surface area (Å²) in [5, 5.41) is 4.49. The van der Waals surface area contributed by atoms with Gasteiger partial charge in [0.15, 0.2) is 0 Å². The van der Waals surface area contributed by atoms with Gasteiger partial charge in [0.05, 0.1) is 27.3 Å². The number of nitrogens with zero attached hydrogens (tertiary/aromatic N) is 2. The van der Waals surface area contributed by atoms with Crippen LogP contribution in [0.5, 0.6) is 0 Å². The molecule has 3 rings (SSSR count). The van der Waals surface area contributed by atoms with Gasteiger partial charge in [0, 0.05) is 18.5 Å². The zero-order chi connectivity index (χ0) is 18.2. The first-order chi connectivity index (χ1) is 11.8. The van der Waals surface area contributed by atoms with E-state index >= 15 is 0 Å². The third-order valence-corrected chi connectivity index (χ3v) is 6.41. The molecule has 2 aromatic rings. The summed E-state index contributed by atoms with van der Waals surface area (Å²) in [7, 11) is -3.90. The summed E-state index contributed by atoms with van der Waals surface area (Å²) >= 11 is 17.6. The summed E-state index contributed by atoms with van der Waals surface area (Å²) in [6.45, 7) is 0.0947. The Labute approximate surface area is 159 Å². The van der Waals surface area contributed by atoms with Crippen molar-refractivity contribution in [2.75, 3.05) is 6.54 Å². The predicted octanol–water partition coefficient (Wildman–Crippen LogP) is 3.06. The Hall–Kier alpha value is -1.12. The second kappa shape index (κ2) is 7.25. The third kappa shape index (κ3) is 4.35. The second-order valence-corrected chi connectivity index (χ2v) is 8.65. The van der Waals surface area contributed by atoms with Gasteiger partial charge in [-0.15, -0.1) is 0 Å². The molecule has 0 saturated heterocycles. The lowest BCUT2D eigenvalue weighted by molar-refractivity contribution is 0.541. The molecule has 1 aromatic carbocycles. The molecule has 0 radical (unpaired) electrons. The number of sulfonamides is 1. The molecule has 10 heteroatoms. The van der Waals surface area contributed by atoms with Crippen molar-refractivity contribution in [3.05, 3.63) is 55.4 Å². The summed E-state index contributed by atoms with van der Waals surface area (Å²) in [5.41, 5.74) is 0.575. The van der Waals surface area contributed by atoms with E-state index in [2.05, 4.69) is 9.82 Å². The molecule has 1 aliphatic carbocycles. The molecule has 0 bridgehead atoms. The van der Waals surface area contributed by atoms with Gasteiger partial charge in [-0.25, -0.2) is 17.8 Å². The highest BCUT2D eigenvalue weighted by Gasteiger charge is 2.25. The van der Waals surface area contributed by atoms with Crippen LogP contribution < -0.4 is 10.3 Å². The molecule has 6 nitrogen and oxygen atoms in total. The minimum atomic E-state index is -3.90. The normalized spacial score (nSPS) is 14.7. The monoisotopic (exact) mass is 421 g/mol. The Morgan fingerprint density at radius 3 is 2.48 bits per heavy atom. The minimum absolute atomic E-state index is 0.0140. The molecule has 1 saturated carbocycles. The smallest absolute Gasteiger partial charge is 0.266 e. The van der Waals surface area contributed by atoms with Crippen LogP contribution >= 0.6 is 34.8 Å². The van der Waals surface area contributed by atoms with E-state index in [9.17, 15) is 13.2 Å². The average Bonchev–Trinajstić information content (AvgIpc) is 3.37. The van der Waals surface area contributed by atoms with Crippen LogP contribution in [0.4, 0.5) is 0 Å². The molecular weight excluding hydrogens is 409 g/mol. The summed E-state index contributed by atoms with van der Waals surface area (Å²) in [6, 6.07) is 5.62. The van der Waals surface area contributed by atoms with Crippen molar-refractivity contribution in [2.45, 2.75) is 30.2 Å². The van der Waals surface area contributed by atoms with Gasteiger partial charge in [-0.3, -0.25) is 4.79 Å². The molecule has 0 aliphatic heterocycles. The highest BCUT2D eigenvalue weighted by molar-refractivity contribution is 7.89. The van der Waals surface area contributed by atoms with Gasteiger partial charge < -0.3 is 0 Å². The largest absolute Gasteiger partial charge is 0.268 e. The molecule has 1 heterocycles. The molecular formula is C15H14Cl3N3O3S. The van der Waals surface area contributed by atoms with Gasteiger partial charge in [-0.1, -0.05) is 34.8 Å². The lowest BCUT2D eigenvalue weighted by Crippen LogP contribution is -2.32. The van der Waals surface area contributed by atoms with Gasteiger partial charge in [0.2, 0.25) is 10.0 Å². The topological polar surface area (TPSA) is 81.1 Å². The van der Waals surface area contributed by atoms with E-state index in [-0.39, 0.29) is 38.6 Å². The number of nitrogens with one attached hydrogen (secondary N) is 1. The van der Waals surface area contributed by atoms with Crippen molar-refractivity contribution in [1.29, 1.82) is 0 Å². The standard InChI is InChI=1S/C15H14Cl3N3O3S/c16-10-7-12(18)14(8-11(10)17)25(23,24)19-5-6-21-15(22)4-3-13(20-21)9-1-2-9/h3-4,7-9,19H,1-2,5-6H2. The van der Waals surface area contributed by atoms with E-state index in [4.69, 9.17) is 34.8 Å². The molecule has 0 unspecified atom stereocenters. The first kappa shape index (κ1) is 18.7. The quantitative estimate of drug-likeness (QED) is 0.725. The van der Waals surface area contributed by atoms with Gasteiger partial charge in [0.1, 0.15) is 4.90 Å². The van der Waals surface area contributed by atoms with E-state index in [0.29, 0.717) is 5.92 Å². The zero-order valence-corrected chi connectivity index (χ0v) is 16.0. The van der Waals surface area contributed by atoms with Gasteiger partial charge in [-0.05, 0) is 31.0 Å². The summed E-state index contributed by atoms with van der Waals surface area (Å²) in [5.74, 6) is 0.401. The van der Waals surface area contributed by atoms with E-state index in [1.807, 2.05) is 0 Å². The number of rotatable bonds is 6. The van der Waals surface area contributed by atoms with Crippen LogP contribution in [-0.4, -0.2) is 24.7 Å². The SMILES string of the molecule is O=c1ccc(C2CC2)nn1CCNS(=O)(=O)c1cc(Cl)c(Cl)cc1Cl. The molecule has 0 atom stereocenters. The first-order valence-corrected chi connectivity index (χ1v) is 10.1. The fourth-order valence-corrected chi connectivity index (χ4v) is 4.32. The van der Waals surface area contributed by atoms with Crippen molar-refractivity contribution in [3.8, 4) is 0 Å². The van der Waals surface area contributed by atoms with Crippen LogP contribution in [0.3, 0.4) is 0 Å². The lowest BCUT2D eigenvalue weighted by Gasteiger charge is -2.10. The van der Waals surface area contributed by atoms with E-state index < -0.39 is 10.0 Å². The van der Waals surface area contributed by atoms with Gasteiger partial charge >= 0.3 is 0 Å². The van der Waals surface area contributed by atoms with Crippen LogP contribution in [0.15, 0.2) is 34.0 Å². The van der Waals surface area contributed by atoms with E-state index in [1.165, 1.54) is 22.9 Å². The summed E-state index contributed by atoms with van der Waals surface area (Å²) in [6.07, 6.45) is 2.13. The molecule has 134 valence electrons. The highest BCUT2D eigenvalue weighted by atomic mass is 35.5. The Morgan fingerprint density at radius 2 is 1.80 bits per heavy atom. The number of benzene rings is 1. The number of aromatic nitrogens is 2. The second-order valence-electron chi connectivity index (χ2n) is 5.69. The summed E-state index contributed by atoms with van der Waals surface area (Å²) < 4.78 is 28.4. The fraction of sp³-hybridized carbons (Fsp3) is 0.333. The van der Waals surface area contributed by atoms with Gasteiger partial charge in [-0.2, -0.15) is 5.10 Å². The maximum absolute atomic E-state index is 12.4. The molecule has 25 heavy (non-hydrogen) atoms. The van der Waals surface area contributed by atoms with Crippen molar-refractivity contribution in [1.82, 2.24) is 14.5 Å².